The molecule has 0 radical (unpaired) electrons. The van der Waals surface area contributed by atoms with Gasteiger partial charge in [-0.2, -0.15) is 0 Å². The highest BCUT2D eigenvalue weighted by Gasteiger charge is 2.26. The first-order chi connectivity index (χ1) is 9.06. The Morgan fingerprint density at radius 3 is 2.32 bits per heavy atom. The summed E-state index contributed by atoms with van der Waals surface area (Å²) in [5.41, 5.74) is 6.89. The van der Waals surface area contributed by atoms with Crippen molar-refractivity contribution in [3.05, 3.63) is 35.9 Å². The van der Waals surface area contributed by atoms with Gasteiger partial charge in [0.1, 0.15) is 6.04 Å². The number of hydrogen-bond donors (Lipinski definition) is 2. The lowest BCUT2D eigenvalue weighted by Gasteiger charge is -2.32. The normalized spacial score (nSPS) is 28.7. The zero-order valence-electron chi connectivity index (χ0n) is 11.8. The van der Waals surface area contributed by atoms with Gasteiger partial charge in [-0.1, -0.05) is 44.2 Å². The summed E-state index contributed by atoms with van der Waals surface area (Å²) < 4.78 is 0. The zero-order valence-corrected chi connectivity index (χ0v) is 11.8. The SMILES string of the molecule is CC1CC(C)CC(NC(=O)[C@H](N)c2ccccc2)C1. The van der Waals surface area contributed by atoms with E-state index in [-0.39, 0.29) is 11.9 Å². The molecule has 0 aliphatic heterocycles. The molecule has 0 bridgehead atoms. The molecule has 104 valence electrons. The van der Waals surface area contributed by atoms with Gasteiger partial charge in [-0.05, 0) is 36.7 Å². The molecule has 1 fully saturated rings. The Labute approximate surface area is 115 Å². The maximum absolute atomic E-state index is 12.2. The summed E-state index contributed by atoms with van der Waals surface area (Å²) in [5.74, 6) is 1.31. The highest BCUT2D eigenvalue weighted by atomic mass is 16.2. The van der Waals surface area contributed by atoms with Crippen LogP contribution in [0.25, 0.3) is 0 Å². The van der Waals surface area contributed by atoms with Crippen molar-refractivity contribution in [3.63, 3.8) is 0 Å². The predicted molar refractivity (Wildman–Crippen MR) is 77.5 cm³/mol. The molecule has 3 atom stereocenters. The van der Waals surface area contributed by atoms with Crippen LogP contribution in [0.5, 0.6) is 0 Å². The largest absolute Gasteiger partial charge is 0.352 e. The molecule has 0 spiro atoms. The lowest BCUT2D eigenvalue weighted by atomic mass is 9.80. The molecule has 19 heavy (non-hydrogen) atoms. The van der Waals surface area contributed by atoms with Crippen molar-refractivity contribution in [3.8, 4) is 0 Å². The monoisotopic (exact) mass is 260 g/mol. The fourth-order valence-electron chi connectivity index (χ4n) is 3.17. The second kappa shape index (κ2) is 6.20. The van der Waals surface area contributed by atoms with Crippen LogP contribution in [0.1, 0.15) is 44.7 Å². The Hall–Kier alpha value is -1.35. The molecule has 2 unspecified atom stereocenters. The van der Waals surface area contributed by atoms with Crippen LogP contribution in [0.4, 0.5) is 0 Å². The average Bonchev–Trinajstić information content (AvgIpc) is 2.37. The quantitative estimate of drug-likeness (QED) is 0.877. The van der Waals surface area contributed by atoms with Crippen molar-refractivity contribution in [1.82, 2.24) is 5.32 Å². The van der Waals surface area contributed by atoms with E-state index in [9.17, 15) is 4.79 Å². The molecule has 3 N–H and O–H groups in total. The van der Waals surface area contributed by atoms with Crippen LogP contribution in [0.2, 0.25) is 0 Å². The minimum Gasteiger partial charge on any atom is -0.352 e. The van der Waals surface area contributed by atoms with Gasteiger partial charge in [-0.3, -0.25) is 4.79 Å². The maximum atomic E-state index is 12.2. The van der Waals surface area contributed by atoms with E-state index in [4.69, 9.17) is 5.73 Å². The molecule has 3 nitrogen and oxygen atoms in total. The van der Waals surface area contributed by atoms with Crippen molar-refractivity contribution in [2.75, 3.05) is 0 Å². The Morgan fingerprint density at radius 2 is 1.74 bits per heavy atom. The van der Waals surface area contributed by atoms with E-state index >= 15 is 0 Å². The minimum absolute atomic E-state index is 0.0579. The van der Waals surface area contributed by atoms with Gasteiger partial charge in [0, 0.05) is 6.04 Å². The molecule has 1 saturated carbocycles. The van der Waals surface area contributed by atoms with E-state index in [1.807, 2.05) is 30.3 Å². The van der Waals surface area contributed by atoms with Crippen LogP contribution in [-0.4, -0.2) is 11.9 Å². The molecule has 1 aliphatic rings. The van der Waals surface area contributed by atoms with Gasteiger partial charge in [-0.25, -0.2) is 0 Å². The summed E-state index contributed by atoms with van der Waals surface area (Å²) in [5, 5.41) is 3.11. The van der Waals surface area contributed by atoms with Gasteiger partial charge < -0.3 is 11.1 Å². The molecule has 0 heterocycles. The average molecular weight is 260 g/mol. The van der Waals surface area contributed by atoms with Crippen LogP contribution >= 0.6 is 0 Å². The van der Waals surface area contributed by atoms with Crippen molar-refractivity contribution < 1.29 is 4.79 Å². The molecule has 2 rings (SSSR count). The molecule has 0 aromatic heterocycles. The highest BCUT2D eigenvalue weighted by molar-refractivity contribution is 5.83. The topological polar surface area (TPSA) is 55.1 Å². The molecule has 1 aliphatic carbocycles. The van der Waals surface area contributed by atoms with Gasteiger partial charge in [0.15, 0.2) is 0 Å². The molecular weight excluding hydrogens is 236 g/mol. The molecule has 1 aromatic rings. The van der Waals surface area contributed by atoms with Gasteiger partial charge in [-0.15, -0.1) is 0 Å². The second-order valence-electron chi connectivity index (χ2n) is 6.01. The van der Waals surface area contributed by atoms with Gasteiger partial charge in [0.25, 0.3) is 0 Å². The smallest absolute Gasteiger partial charge is 0.241 e. The number of benzene rings is 1. The second-order valence-corrected chi connectivity index (χ2v) is 6.01. The number of carbonyl (C=O) groups is 1. The third kappa shape index (κ3) is 3.80. The molecular formula is C16H24N2O. The summed E-state index contributed by atoms with van der Waals surface area (Å²) in [7, 11) is 0. The lowest BCUT2D eigenvalue weighted by molar-refractivity contribution is -0.123. The summed E-state index contributed by atoms with van der Waals surface area (Å²) >= 11 is 0. The number of nitrogens with one attached hydrogen (secondary N) is 1. The van der Waals surface area contributed by atoms with E-state index in [0.717, 1.165) is 18.4 Å². The van der Waals surface area contributed by atoms with Gasteiger partial charge >= 0.3 is 0 Å². The Kier molecular flexibility index (Phi) is 4.59. The highest BCUT2D eigenvalue weighted by Crippen LogP contribution is 2.28. The first kappa shape index (κ1) is 14.1. The van der Waals surface area contributed by atoms with E-state index in [1.54, 1.807) is 0 Å². The summed E-state index contributed by atoms with van der Waals surface area (Å²) in [6, 6.07) is 9.26. The zero-order chi connectivity index (χ0) is 13.8. The standard InChI is InChI=1S/C16H24N2O/c1-11-8-12(2)10-14(9-11)18-16(19)15(17)13-6-4-3-5-7-13/h3-7,11-12,14-15H,8-10,17H2,1-2H3,(H,18,19)/t11?,12?,14?,15-/m1/s1. The molecule has 1 amide bonds. The summed E-state index contributed by atoms with van der Waals surface area (Å²) in [6.07, 6.45) is 3.40. The van der Waals surface area contributed by atoms with E-state index in [1.165, 1.54) is 6.42 Å². The first-order valence-electron chi connectivity index (χ1n) is 7.17. The van der Waals surface area contributed by atoms with Crippen LogP contribution in [0.15, 0.2) is 30.3 Å². The lowest BCUT2D eigenvalue weighted by Crippen LogP contribution is -2.44. The molecule has 3 heteroatoms. The van der Waals surface area contributed by atoms with Crippen LogP contribution in [0.3, 0.4) is 0 Å². The number of carbonyl (C=O) groups excluding carboxylic acids is 1. The number of hydrogen-bond acceptors (Lipinski definition) is 2. The minimum atomic E-state index is -0.561. The summed E-state index contributed by atoms with van der Waals surface area (Å²) in [4.78, 5) is 12.2. The Balaban J connectivity index is 1.93. The van der Waals surface area contributed by atoms with Crippen molar-refractivity contribution in [2.45, 2.75) is 45.2 Å². The number of amides is 1. The van der Waals surface area contributed by atoms with Crippen molar-refractivity contribution in [1.29, 1.82) is 0 Å². The fraction of sp³-hybridized carbons (Fsp3) is 0.562. The van der Waals surface area contributed by atoms with Gasteiger partial charge in [0.2, 0.25) is 5.91 Å². The van der Waals surface area contributed by atoms with Crippen LogP contribution in [-0.2, 0) is 4.79 Å². The van der Waals surface area contributed by atoms with Crippen molar-refractivity contribution >= 4 is 5.91 Å². The van der Waals surface area contributed by atoms with E-state index < -0.39 is 6.04 Å². The molecule has 1 aromatic carbocycles. The van der Waals surface area contributed by atoms with E-state index in [2.05, 4.69) is 19.2 Å². The number of rotatable bonds is 3. The molecule has 0 saturated heterocycles. The fourth-order valence-corrected chi connectivity index (χ4v) is 3.17. The first-order valence-corrected chi connectivity index (χ1v) is 7.17. The van der Waals surface area contributed by atoms with E-state index in [0.29, 0.717) is 11.8 Å². The maximum Gasteiger partial charge on any atom is 0.241 e. The van der Waals surface area contributed by atoms with Crippen LogP contribution < -0.4 is 11.1 Å². The third-order valence-corrected chi connectivity index (χ3v) is 3.97. The predicted octanol–water partition coefficient (Wildman–Crippen LogP) is 2.63. The summed E-state index contributed by atoms with van der Waals surface area (Å²) in [6.45, 7) is 4.51. The van der Waals surface area contributed by atoms with Gasteiger partial charge in [0.05, 0.1) is 0 Å². The number of nitrogens with two attached hydrogens (primary N) is 1. The third-order valence-electron chi connectivity index (χ3n) is 3.97. The van der Waals surface area contributed by atoms with Crippen molar-refractivity contribution in [2.24, 2.45) is 17.6 Å². The Bertz CT molecular complexity index is 408. The van der Waals surface area contributed by atoms with Crippen LogP contribution in [0, 0.1) is 11.8 Å². The Morgan fingerprint density at radius 1 is 1.16 bits per heavy atom.